The lowest BCUT2D eigenvalue weighted by molar-refractivity contribution is -0.0562. The van der Waals surface area contributed by atoms with E-state index >= 15 is 0 Å². The summed E-state index contributed by atoms with van der Waals surface area (Å²) in [5, 5.41) is 3.66. The molecule has 35 heavy (non-hydrogen) atoms. The summed E-state index contributed by atoms with van der Waals surface area (Å²) in [6, 6.07) is 25.6. The normalized spacial score (nSPS) is 24.7. The minimum Gasteiger partial charge on any atom is -0.492 e. The Hall–Kier alpha value is -2.76. The zero-order valence-corrected chi connectivity index (χ0v) is 21.0. The Balaban J connectivity index is 1.48. The molecule has 1 amide bonds. The summed E-state index contributed by atoms with van der Waals surface area (Å²) in [6.45, 7) is 2.67. The molecule has 0 radical (unpaired) electrons. The molecule has 1 N–H and O–H groups in total. The molecule has 0 aromatic heterocycles. The van der Waals surface area contributed by atoms with Gasteiger partial charge < -0.3 is 10.1 Å². The molecule has 3 aromatic carbocycles. The van der Waals surface area contributed by atoms with E-state index < -0.39 is 5.66 Å². The molecule has 0 spiro atoms. The number of carbonyl (C=O) groups is 1. The van der Waals surface area contributed by atoms with E-state index in [0.29, 0.717) is 18.1 Å². The van der Waals surface area contributed by atoms with Gasteiger partial charge in [-0.2, -0.15) is 0 Å². The van der Waals surface area contributed by atoms with Crippen LogP contribution >= 0.6 is 11.8 Å². The fraction of sp³-hybridized carbons (Fsp3) is 0.367. The first-order valence-corrected chi connectivity index (χ1v) is 13.9. The van der Waals surface area contributed by atoms with Crippen LogP contribution in [0, 0.1) is 5.92 Å². The predicted octanol–water partition coefficient (Wildman–Crippen LogP) is 5.72. The van der Waals surface area contributed by atoms with Crippen LogP contribution in [0.5, 0.6) is 5.75 Å². The standard InChI is InChI=1S/C30H32N2O2S/c1-35-25-18-24-14-17-34-28(24)26(19-25)29(33)31-30(20-21-12-15-32(30)16-13-21)27(22-8-4-2-5-9-22)23-10-6-3-7-11-23/h2-11,18-19,21,27H,12-17,20H2,1H3,(H,31,33). The lowest BCUT2D eigenvalue weighted by atomic mass is 9.69. The van der Waals surface area contributed by atoms with Gasteiger partial charge in [-0.05, 0) is 60.3 Å². The highest BCUT2D eigenvalue weighted by atomic mass is 32.2. The monoisotopic (exact) mass is 484 g/mol. The zero-order chi connectivity index (χ0) is 23.8. The third kappa shape index (κ3) is 4.05. The molecule has 2 bridgehead atoms. The van der Waals surface area contributed by atoms with Crippen LogP contribution < -0.4 is 10.1 Å². The van der Waals surface area contributed by atoms with Crippen molar-refractivity contribution in [3.8, 4) is 5.75 Å². The second-order valence-corrected chi connectivity index (χ2v) is 10.9. The first kappa shape index (κ1) is 22.7. The van der Waals surface area contributed by atoms with Crippen LogP contribution in [0.4, 0.5) is 0 Å². The number of carbonyl (C=O) groups excluding carboxylic acids is 1. The van der Waals surface area contributed by atoms with E-state index in [1.54, 1.807) is 11.8 Å². The zero-order valence-electron chi connectivity index (χ0n) is 20.2. The Morgan fingerprint density at radius 1 is 1.03 bits per heavy atom. The molecule has 1 atom stereocenters. The van der Waals surface area contributed by atoms with Crippen molar-refractivity contribution in [1.29, 1.82) is 0 Å². The largest absolute Gasteiger partial charge is 0.492 e. The number of hydrogen-bond donors (Lipinski definition) is 1. The molecule has 0 aliphatic carbocycles. The summed E-state index contributed by atoms with van der Waals surface area (Å²) in [5.41, 5.74) is 3.81. The molecular weight excluding hydrogens is 452 g/mol. The molecule has 1 unspecified atom stereocenters. The van der Waals surface area contributed by atoms with Crippen LogP contribution in [-0.2, 0) is 6.42 Å². The van der Waals surface area contributed by atoms with Crippen molar-refractivity contribution in [3.63, 3.8) is 0 Å². The maximum atomic E-state index is 14.2. The lowest BCUT2D eigenvalue weighted by Gasteiger charge is -2.58. The Labute approximate surface area is 212 Å². The van der Waals surface area contributed by atoms with Gasteiger partial charge in [-0.1, -0.05) is 60.7 Å². The van der Waals surface area contributed by atoms with Gasteiger partial charge in [-0.3, -0.25) is 9.69 Å². The second-order valence-electron chi connectivity index (χ2n) is 10.0. The number of amides is 1. The highest BCUT2D eigenvalue weighted by molar-refractivity contribution is 7.98. The first-order valence-electron chi connectivity index (χ1n) is 12.7. The Morgan fingerprint density at radius 3 is 2.26 bits per heavy atom. The molecule has 3 fully saturated rings. The summed E-state index contributed by atoms with van der Waals surface area (Å²) in [6.07, 6.45) is 6.29. The van der Waals surface area contributed by atoms with E-state index in [1.165, 1.54) is 24.0 Å². The lowest BCUT2D eigenvalue weighted by Crippen LogP contribution is -2.69. The van der Waals surface area contributed by atoms with Gasteiger partial charge in [0.25, 0.3) is 5.91 Å². The van der Waals surface area contributed by atoms with Crippen LogP contribution in [0.1, 0.15) is 52.2 Å². The second kappa shape index (κ2) is 9.36. The number of thioether (sulfide) groups is 1. The van der Waals surface area contributed by atoms with Gasteiger partial charge in [0.05, 0.1) is 12.2 Å². The van der Waals surface area contributed by atoms with Crippen LogP contribution in [0.15, 0.2) is 77.7 Å². The fourth-order valence-electron chi connectivity index (χ4n) is 6.47. The van der Waals surface area contributed by atoms with Crippen molar-refractivity contribution >= 4 is 17.7 Å². The van der Waals surface area contributed by atoms with Gasteiger partial charge in [0.2, 0.25) is 0 Å². The molecule has 4 aliphatic rings. The van der Waals surface area contributed by atoms with Crippen molar-refractivity contribution < 1.29 is 9.53 Å². The fourth-order valence-corrected chi connectivity index (χ4v) is 6.97. The summed E-state index contributed by atoms with van der Waals surface area (Å²) in [7, 11) is 0. The molecule has 0 saturated carbocycles. The number of fused-ring (bicyclic) bond motifs is 4. The number of piperidine rings is 3. The molecular formula is C30H32N2O2S. The summed E-state index contributed by atoms with van der Waals surface area (Å²) in [5.74, 6) is 1.40. The van der Waals surface area contributed by atoms with E-state index in [0.717, 1.165) is 42.1 Å². The maximum absolute atomic E-state index is 14.2. The third-order valence-corrected chi connectivity index (χ3v) is 8.80. The Morgan fingerprint density at radius 2 is 1.69 bits per heavy atom. The molecule has 7 rings (SSSR count). The van der Waals surface area contributed by atoms with Crippen molar-refractivity contribution in [3.05, 3.63) is 95.1 Å². The van der Waals surface area contributed by atoms with E-state index in [-0.39, 0.29) is 11.8 Å². The van der Waals surface area contributed by atoms with E-state index in [4.69, 9.17) is 4.74 Å². The van der Waals surface area contributed by atoms with Gasteiger partial charge in [-0.25, -0.2) is 0 Å². The SMILES string of the molecule is CSc1cc2c(c(C(=O)NC3(C(c4ccccc4)c4ccccc4)CC4CCN3CC4)c1)OCC2. The molecule has 3 saturated heterocycles. The molecule has 180 valence electrons. The highest BCUT2D eigenvalue weighted by Crippen LogP contribution is 2.48. The average molecular weight is 485 g/mol. The summed E-state index contributed by atoms with van der Waals surface area (Å²) < 4.78 is 5.98. The topological polar surface area (TPSA) is 41.6 Å². The number of hydrogen-bond acceptors (Lipinski definition) is 4. The molecule has 4 nitrogen and oxygen atoms in total. The van der Waals surface area contributed by atoms with Crippen LogP contribution in [0.3, 0.4) is 0 Å². The highest BCUT2D eigenvalue weighted by Gasteiger charge is 2.52. The van der Waals surface area contributed by atoms with E-state index in [9.17, 15) is 4.79 Å². The molecule has 5 heteroatoms. The van der Waals surface area contributed by atoms with Gasteiger partial charge >= 0.3 is 0 Å². The predicted molar refractivity (Wildman–Crippen MR) is 141 cm³/mol. The van der Waals surface area contributed by atoms with Crippen molar-refractivity contribution in [1.82, 2.24) is 10.2 Å². The minimum absolute atomic E-state index is 0.0246. The van der Waals surface area contributed by atoms with Crippen molar-refractivity contribution in [2.75, 3.05) is 26.0 Å². The van der Waals surface area contributed by atoms with Crippen LogP contribution in [-0.4, -0.2) is 42.4 Å². The van der Waals surface area contributed by atoms with Gasteiger partial charge in [0, 0.05) is 30.3 Å². The van der Waals surface area contributed by atoms with Gasteiger partial charge in [-0.15, -0.1) is 11.8 Å². The maximum Gasteiger partial charge on any atom is 0.256 e. The summed E-state index contributed by atoms with van der Waals surface area (Å²) >= 11 is 1.68. The number of rotatable bonds is 6. The number of nitrogens with one attached hydrogen (secondary N) is 1. The quantitative estimate of drug-likeness (QED) is 0.455. The van der Waals surface area contributed by atoms with Gasteiger partial charge in [0.15, 0.2) is 0 Å². The molecule has 4 aliphatic heterocycles. The molecule has 4 heterocycles. The molecule has 3 aromatic rings. The van der Waals surface area contributed by atoms with Crippen LogP contribution in [0.2, 0.25) is 0 Å². The third-order valence-electron chi connectivity index (χ3n) is 8.09. The number of benzene rings is 3. The van der Waals surface area contributed by atoms with E-state index in [1.807, 2.05) is 6.07 Å². The van der Waals surface area contributed by atoms with Crippen molar-refractivity contribution in [2.24, 2.45) is 5.92 Å². The van der Waals surface area contributed by atoms with E-state index in [2.05, 4.69) is 83.2 Å². The smallest absolute Gasteiger partial charge is 0.256 e. The Bertz CT molecular complexity index is 1170. The van der Waals surface area contributed by atoms with Gasteiger partial charge in [0.1, 0.15) is 11.4 Å². The summed E-state index contributed by atoms with van der Waals surface area (Å²) in [4.78, 5) is 17.8. The van der Waals surface area contributed by atoms with Crippen molar-refractivity contribution in [2.45, 2.75) is 42.2 Å². The number of ether oxygens (including phenoxy) is 1. The Kier molecular flexibility index (Phi) is 6.07. The van der Waals surface area contributed by atoms with Crippen LogP contribution in [0.25, 0.3) is 0 Å². The number of nitrogens with zero attached hydrogens (tertiary/aromatic N) is 1. The average Bonchev–Trinajstić information content (AvgIpc) is 3.39. The minimum atomic E-state index is -0.484. The first-order chi connectivity index (χ1) is 17.2.